The normalized spacial score (nSPS) is 16.1. The fraction of sp³-hybridized carbons (Fsp3) is 0.300. The summed E-state index contributed by atoms with van der Waals surface area (Å²) in [7, 11) is 0. The number of thiophene rings is 1. The molecule has 0 aliphatic carbocycles. The van der Waals surface area contributed by atoms with Crippen LogP contribution in [0.4, 0.5) is 9.59 Å². The summed E-state index contributed by atoms with van der Waals surface area (Å²) >= 11 is 1.18. The third kappa shape index (κ3) is 2.91. The summed E-state index contributed by atoms with van der Waals surface area (Å²) in [4.78, 5) is 45.4. The van der Waals surface area contributed by atoms with Gasteiger partial charge in [0.2, 0.25) is 0 Å². The van der Waals surface area contributed by atoms with Crippen LogP contribution in [0.2, 0.25) is 0 Å². The molecule has 1 aromatic rings. The van der Waals surface area contributed by atoms with Gasteiger partial charge in [-0.25, -0.2) is 9.59 Å². The van der Waals surface area contributed by atoms with E-state index >= 15 is 0 Å². The van der Waals surface area contributed by atoms with E-state index in [0.717, 1.165) is 5.01 Å². The summed E-state index contributed by atoms with van der Waals surface area (Å²) in [5.74, 6) is -1.22. The molecule has 9 nitrogen and oxygen atoms in total. The number of urea groups is 2. The number of nitrogens with zero attached hydrogens (tertiary/aromatic N) is 2. The third-order valence-electron chi connectivity index (χ3n) is 2.56. The topological polar surface area (TPSA) is 119 Å². The number of hydrazine groups is 1. The number of hydrogen-bond acceptors (Lipinski definition) is 5. The first-order valence-corrected chi connectivity index (χ1v) is 6.46. The molecular formula is C10H11N4O5S+. The predicted octanol–water partition coefficient (Wildman–Crippen LogP) is 0.303. The van der Waals surface area contributed by atoms with Gasteiger partial charge in [-0.05, 0) is 11.4 Å². The van der Waals surface area contributed by atoms with E-state index in [0.29, 0.717) is 4.88 Å². The number of carboxylic acid groups (broad SMARTS) is 1. The minimum Gasteiger partial charge on any atom is -0.479 e. The van der Waals surface area contributed by atoms with E-state index in [1.807, 2.05) is 0 Å². The lowest BCUT2D eigenvalue weighted by molar-refractivity contribution is -0.433. The average Bonchev–Trinajstić information content (AvgIpc) is 3.01. The van der Waals surface area contributed by atoms with Gasteiger partial charge in [0, 0.05) is 9.64 Å². The first-order chi connectivity index (χ1) is 9.49. The number of carbonyl (C=O) groups excluding carboxylic acids is 2. The van der Waals surface area contributed by atoms with Gasteiger partial charge in [-0.15, -0.1) is 16.3 Å². The van der Waals surface area contributed by atoms with Crippen LogP contribution in [0.1, 0.15) is 10.9 Å². The Morgan fingerprint density at radius 1 is 1.50 bits per heavy atom. The van der Waals surface area contributed by atoms with Crippen LogP contribution >= 0.6 is 11.3 Å². The van der Waals surface area contributed by atoms with Crippen molar-refractivity contribution in [1.29, 1.82) is 0 Å². The van der Waals surface area contributed by atoms with E-state index in [2.05, 4.69) is 10.7 Å². The number of hydrogen-bond donors (Lipinski definition) is 3. The van der Waals surface area contributed by atoms with E-state index in [9.17, 15) is 19.3 Å². The smallest absolute Gasteiger partial charge is 0.479 e. The molecule has 1 atom stereocenters. The first kappa shape index (κ1) is 13.9. The van der Waals surface area contributed by atoms with Crippen molar-refractivity contribution < 1.29 is 24.3 Å². The van der Waals surface area contributed by atoms with Crippen molar-refractivity contribution in [3.63, 3.8) is 0 Å². The number of rotatable bonds is 4. The standard InChI is InChI=1S/C10H10N4O5S/c15-8(16)7(6-2-1-5-20-6)11-9(17)12-13-3-4-14(19)10(13)18/h1-2,5,7H,3-4H2,(H2-,11,12,15,16,17)/p+1. The van der Waals surface area contributed by atoms with Crippen molar-refractivity contribution in [2.45, 2.75) is 6.04 Å². The van der Waals surface area contributed by atoms with E-state index in [4.69, 9.17) is 5.11 Å². The van der Waals surface area contributed by atoms with Crippen LogP contribution in [0, 0.1) is 4.91 Å². The van der Waals surface area contributed by atoms with Crippen LogP contribution < -0.4 is 10.7 Å². The second-order valence-electron chi connectivity index (χ2n) is 3.91. The highest BCUT2D eigenvalue weighted by atomic mass is 32.1. The number of nitroso groups, excluding NO2 is 1. The van der Waals surface area contributed by atoms with E-state index < -0.39 is 24.1 Å². The first-order valence-electron chi connectivity index (χ1n) is 5.58. The predicted molar refractivity (Wildman–Crippen MR) is 67.0 cm³/mol. The Balaban J connectivity index is 1.98. The number of carboxylic acids is 1. The Hall–Kier alpha value is -2.49. The molecule has 2 rings (SSSR count). The molecule has 1 fully saturated rings. The van der Waals surface area contributed by atoms with Crippen molar-refractivity contribution in [2.24, 2.45) is 0 Å². The van der Waals surface area contributed by atoms with Crippen LogP contribution in [0.25, 0.3) is 0 Å². The lowest BCUT2D eigenvalue weighted by Gasteiger charge is -2.14. The quantitative estimate of drug-likeness (QED) is 0.691. The van der Waals surface area contributed by atoms with E-state index in [1.165, 1.54) is 11.3 Å². The summed E-state index contributed by atoms with van der Waals surface area (Å²) in [5.41, 5.74) is 2.14. The van der Waals surface area contributed by atoms with Crippen molar-refractivity contribution in [3.05, 3.63) is 27.3 Å². The number of amides is 4. The molecule has 1 unspecified atom stereocenters. The second kappa shape index (κ2) is 5.65. The summed E-state index contributed by atoms with van der Waals surface area (Å²) in [6, 6.07) is 0.271. The SMILES string of the molecule is O=C(NC(C(=O)O)c1cccs1)NN1CC[N+](=O)C1=O. The molecule has 1 aliphatic heterocycles. The molecule has 20 heavy (non-hydrogen) atoms. The Morgan fingerprint density at radius 2 is 2.25 bits per heavy atom. The summed E-state index contributed by atoms with van der Waals surface area (Å²) < 4.78 is 0.203. The number of nitrogens with one attached hydrogen (secondary N) is 2. The second-order valence-corrected chi connectivity index (χ2v) is 4.89. The molecule has 0 radical (unpaired) electrons. The Bertz CT molecular complexity index is 558. The maximum absolute atomic E-state index is 11.7. The van der Waals surface area contributed by atoms with Crippen LogP contribution in [-0.4, -0.2) is 46.0 Å². The van der Waals surface area contributed by atoms with E-state index in [-0.39, 0.29) is 17.8 Å². The molecule has 0 saturated carbocycles. The van der Waals surface area contributed by atoms with Crippen LogP contribution in [-0.2, 0) is 4.79 Å². The van der Waals surface area contributed by atoms with Gasteiger partial charge < -0.3 is 10.4 Å². The molecule has 106 valence electrons. The van der Waals surface area contributed by atoms with Gasteiger partial charge in [0.25, 0.3) is 0 Å². The minimum absolute atomic E-state index is 0.0481. The van der Waals surface area contributed by atoms with Crippen molar-refractivity contribution in [3.8, 4) is 0 Å². The highest BCUT2D eigenvalue weighted by molar-refractivity contribution is 7.10. The van der Waals surface area contributed by atoms with Gasteiger partial charge >= 0.3 is 18.0 Å². The molecule has 1 saturated heterocycles. The fourth-order valence-corrected chi connectivity index (χ4v) is 2.38. The molecule has 10 heteroatoms. The summed E-state index contributed by atoms with van der Waals surface area (Å²) in [5, 5.41) is 13.8. The molecule has 0 aromatic carbocycles. The Morgan fingerprint density at radius 3 is 2.75 bits per heavy atom. The Kier molecular flexibility index (Phi) is 3.94. The van der Waals surface area contributed by atoms with Gasteiger partial charge in [-0.2, -0.15) is 10.2 Å². The van der Waals surface area contributed by atoms with Gasteiger partial charge in [-0.1, -0.05) is 11.0 Å². The molecular weight excluding hydrogens is 288 g/mol. The maximum Gasteiger partial charge on any atom is 0.555 e. The average molecular weight is 299 g/mol. The molecule has 0 spiro atoms. The summed E-state index contributed by atoms with van der Waals surface area (Å²) in [6.07, 6.45) is 0. The van der Waals surface area contributed by atoms with Gasteiger partial charge in [0.1, 0.15) is 0 Å². The monoisotopic (exact) mass is 299 g/mol. The Labute approximate surface area is 116 Å². The zero-order chi connectivity index (χ0) is 14.7. The zero-order valence-corrected chi connectivity index (χ0v) is 10.9. The molecule has 1 aliphatic rings. The lowest BCUT2D eigenvalue weighted by Crippen LogP contribution is -2.50. The molecule has 3 N–H and O–H groups in total. The number of aliphatic carboxylic acids is 1. The van der Waals surface area contributed by atoms with Crippen molar-refractivity contribution in [1.82, 2.24) is 15.8 Å². The summed E-state index contributed by atoms with van der Waals surface area (Å²) in [6.45, 7) is -0.00110. The van der Waals surface area contributed by atoms with Crippen molar-refractivity contribution >= 4 is 29.4 Å². The highest BCUT2D eigenvalue weighted by Crippen LogP contribution is 2.19. The van der Waals surface area contributed by atoms with Gasteiger partial charge in [0.15, 0.2) is 19.1 Å². The molecule has 4 amide bonds. The van der Waals surface area contributed by atoms with Crippen LogP contribution in [0.3, 0.4) is 0 Å². The minimum atomic E-state index is -1.22. The number of carbonyl (C=O) groups is 3. The third-order valence-corrected chi connectivity index (χ3v) is 3.49. The van der Waals surface area contributed by atoms with Gasteiger partial charge in [-0.3, -0.25) is 0 Å². The zero-order valence-electron chi connectivity index (χ0n) is 10.1. The molecule has 2 heterocycles. The van der Waals surface area contributed by atoms with E-state index in [1.54, 1.807) is 17.5 Å². The molecule has 1 aromatic heterocycles. The molecule has 0 bridgehead atoms. The van der Waals surface area contributed by atoms with Gasteiger partial charge in [0.05, 0.1) is 0 Å². The van der Waals surface area contributed by atoms with Crippen LogP contribution in [0.15, 0.2) is 17.5 Å². The highest BCUT2D eigenvalue weighted by Gasteiger charge is 2.40. The lowest BCUT2D eigenvalue weighted by atomic mass is 10.2. The van der Waals surface area contributed by atoms with Crippen LogP contribution in [0.5, 0.6) is 0 Å². The maximum atomic E-state index is 11.7. The fourth-order valence-electron chi connectivity index (χ4n) is 1.62. The largest absolute Gasteiger partial charge is 0.555 e. The van der Waals surface area contributed by atoms with Crippen molar-refractivity contribution in [2.75, 3.05) is 13.1 Å².